The van der Waals surface area contributed by atoms with Gasteiger partial charge < -0.3 is 9.64 Å². The zero-order valence-corrected chi connectivity index (χ0v) is 20.0. The third kappa shape index (κ3) is 5.63. The number of esters is 1. The summed E-state index contributed by atoms with van der Waals surface area (Å²) in [4.78, 5) is 32.0. The number of hydrogen-bond donors (Lipinski definition) is 0. The Balaban J connectivity index is 1.38. The number of amides is 1. The number of carbonyl (C=O) groups is 2. The van der Waals surface area contributed by atoms with Gasteiger partial charge in [0, 0.05) is 43.8 Å². The summed E-state index contributed by atoms with van der Waals surface area (Å²) in [5.41, 5.74) is 3.72. The molecule has 176 valence electrons. The lowest BCUT2D eigenvalue weighted by atomic mass is 10.0. The lowest BCUT2D eigenvalue weighted by Gasteiger charge is -2.44. The van der Waals surface area contributed by atoms with Crippen molar-refractivity contribution in [2.24, 2.45) is 0 Å². The van der Waals surface area contributed by atoms with Crippen LogP contribution in [0.2, 0.25) is 0 Å². The second-order valence-corrected chi connectivity index (χ2v) is 9.48. The van der Waals surface area contributed by atoms with E-state index in [2.05, 4.69) is 35.8 Å². The summed E-state index contributed by atoms with van der Waals surface area (Å²) >= 11 is 0. The van der Waals surface area contributed by atoms with Gasteiger partial charge in [-0.25, -0.2) is 4.79 Å². The van der Waals surface area contributed by atoms with Gasteiger partial charge in [-0.2, -0.15) is 0 Å². The highest BCUT2D eigenvalue weighted by atomic mass is 16.5. The van der Waals surface area contributed by atoms with E-state index in [1.54, 1.807) is 0 Å². The normalized spacial score (nSPS) is 21.8. The molecule has 2 aliphatic heterocycles. The van der Waals surface area contributed by atoms with Crippen molar-refractivity contribution >= 4 is 11.9 Å². The fourth-order valence-electron chi connectivity index (χ4n) is 5.23. The predicted molar refractivity (Wildman–Crippen MR) is 129 cm³/mol. The summed E-state index contributed by atoms with van der Waals surface area (Å²) < 4.78 is 4.78. The van der Waals surface area contributed by atoms with Crippen LogP contribution in [0.3, 0.4) is 0 Å². The molecule has 6 heteroatoms. The van der Waals surface area contributed by atoms with Crippen molar-refractivity contribution in [1.82, 2.24) is 14.7 Å². The molecule has 6 nitrogen and oxygen atoms in total. The molecule has 0 unspecified atom stereocenters. The van der Waals surface area contributed by atoms with Crippen LogP contribution in [0.25, 0.3) is 0 Å². The van der Waals surface area contributed by atoms with E-state index in [1.165, 1.54) is 25.5 Å². The van der Waals surface area contributed by atoms with Crippen molar-refractivity contribution in [3.05, 3.63) is 70.8 Å². The largest absolute Gasteiger partial charge is 0.465 e. The maximum atomic E-state index is 13.5. The van der Waals surface area contributed by atoms with Gasteiger partial charge in [-0.1, -0.05) is 24.3 Å². The maximum absolute atomic E-state index is 13.5. The van der Waals surface area contributed by atoms with Crippen LogP contribution < -0.4 is 0 Å². The summed E-state index contributed by atoms with van der Waals surface area (Å²) in [6.07, 6.45) is 2.54. The van der Waals surface area contributed by atoms with Crippen LogP contribution >= 0.6 is 0 Å². The Hall–Kier alpha value is -2.70. The van der Waals surface area contributed by atoms with Crippen LogP contribution in [-0.4, -0.2) is 71.9 Å². The van der Waals surface area contributed by atoms with Crippen LogP contribution in [-0.2, 0) is 17.8 Å². The average Bonchev–Trinajstić information content (AvgIpc) is 3.32. The van der Waals surface area contributed by atoms with E-state index >= 15 is 0 Å². The number of ether oxygens (including phenoxy) is 1. The first-order valence-electron chi connectivity index (χ1n) is 12.0. The minimum atomic E-state index is -0.319. The molecule has 2 aromatic carbocycles. The molecule has 2 saturated heterocycles. The Kier molecular flexibility index (Phi) is 7.46. The predicted octanol–water partition coefficient (Wildman–Crippen LogP) is 3.80. The molecule has 2 fully saturated rings. The molecular formula is C27H35N3O3. The first-order valence-corrected chi connectivity index (χ1v) is 12.0. The van der Waals surface area contributed by atoms with Crippen molar-refractivity contribution in [3.8, 4) is 0 Å². The van der Waals surface area contributed by atoms with E-state index in [-0.39, 0.29) is 24.0 Å². The summed E-state index contributed by atoms with van der Waals surface area (Å²) in [5, 5.41) is 0. The molecule has 2 aromatic rings. The summed E-state index contributed by atoms with van der Waals surface area (Å²) in [5.74, 6) is -0.194. The Morgan fingerprint density at radius 2 is 1.48 bits per heavy atom. The van der Waals surface area contributed by atoms with E-state index < -0.39 is 0 Å². The van der Waals surface area contributed by atoms with Crippen LogP contribution in [0, 0.1) is 0 Å². The number of nitrogens with zero attached hydrogens (tertiary/aromatic N) is 3. The molecule has 0 bridgehead atoms. The quantitative estimate of drug-likeness (QED) is 0.628. The zero-order valence-electron chi connectivity index (χ0n) is 20.0. The smallest absolute Gasteiger partial charge is 0.337 e. The maximum Gasteiger partial charge on any atom is 0.337 e. The first kappa shape index (κ1) is 23.5. The van der Waals surface area contributed by atoms with Crippen molar-refractivity contribution < 1.29 is 14.3 Å². The van der Waals surface area contributed by atoms with Crippen LogP contribution in [0.15, 0.2) is 48.5 Å². The monoisotopic (exact) mass is 449 g/mol. The van der Waals surface area contributed by atoms with Gasteiger partial charge in [-0.05, 0) is 75.2 Å². The van der Waals surface area contributed by atoms with Crippen LogP contribution in [0.5, 0.6) is 0 Å². The van der Waals surface area contributed by atoms with Gasteiger partial charge in [-0.15, -0.1) is 0 Å². The fraction of sp³-hybridized carbons (Fsp3) is 0.481. The van der Waals surface area contributed by atoms with Gasteiger partial charge in [0.2, 0.25) is 0 Å². The zero-order chi connectivity index (χ0) is 23.4. The lowest BCUT2D eigenvalue weighted by Crippen LogP contribution is -2.58. The number of hydrogen-bond acceptors (Lipinski definition) is 5. The summed E-state index contributed by atoms with van der Waals surface area (Å²) in [6, 6.07) is 16.0. The minimum Gasteiger partial charge on any atom is -0.465 e. The number of methoxy groups -OCH3 is 1. The fourth-order valence-corrected chi connectivity index (χ4v) is 5.23. The molecule has 0 spiro atoms. The highest BCUT2D eigenvalue weighted by Crippen LogP contribution is 2.22. The molecular weight excluding hydrogens is 414 g/mol. The molecule has 0 radical (unpaired) electrons. The highest BCUT2D eigenvalue weighted by molar-refractivity contribution is 5.95. The number of likely N-dealkylation sites (tertiary alicyclic amines) is 1. The van der Waals surface area contributed by atoms with Crippen molar-refractivity contribution in [1.29, 1.82) is 0 Å². The van der Waals surface area contributed by atoms with Gasteiger partial charge >= 0.3 is 5.97 Å². The number of rotatable bonds is 6. The highest BCUT2D eigenvalue weighted by Gasteiger charge is 2.33. The molecule has 0 N–H and O–H groups in total. The molecule has 0 aromatic heterocycles. The van der Waals surface area contributed by atoms with E-state index in [1.807, 2.05) is 41.3 Å². The Bertz CT molecular complexity index is 957. The summed E-state index contributed by atoms with van der Waals surface area (Å²) in [6.45, 7) is 9.94. The number of benzene rings is 2. The van der Waals surface area contributed by atoms with Gasteiger partial charge in [0.15, 0.2) is 0 Å². The van der Waals surface area contributed by atoms with E-state index in [0.29, 0.717) is 5.56 Å². The lowest BCUT2D eigenvalue weighted by molar-refractivity contribution is 0.0268. The molecule has 33 heavy (non-hydrogen) atoms. The molecule has 1 amide bonds. The topological polar surface area (TPSA) is 53.1 Å². The summed E-state index contributed by atoms with van der Waals surface area (Å²) in [7, 11) is 1.39. The van der Waals surface area contributed by atoms with E-state index in [4.69, 9.17) is 4.74 Å². The second-order valence-electron chi connectivity index (χ2n) is 9.48. The van der Waals surface area contributed by atoms with Gasteiger partial charge in [0.25, 0.3) is 5.91 Å². The van der Waals surface area contributed by atoms with Crippen LogP contribution in [0.1, 0.15) is 58.5 Å². The Morgan fingerprint density at radius 3 is 2.12 bits per heavy atom. The Labute approximate surface area is 197 Å². The molecule has 4 rings (SSSR count). The molecule has 0 aliphatic carbocycles. The minimum absolute atomic E-state index is 0.123. The number of carbonyl (C=O) groups excluding carboxylic acids is 2. The standard InChI is InChI=1S/C27H35N3O3/c1-20-16-29(18-22-9-11-24(12-10-22)27(32)33-3)17-21(2)30(20)26(31)25-8-6-7-23(15-25)19-28-13-4-5-14-28/h6-12,15,20-21H,4-5,13-14,16-19H2,1-3H3/t20-,21+. The first-order chi connectivity index (χ1) is 15.9. The van der Waals surface area contributed by atoms with Crippen molar-refractivity contribution in [2.45, 2.75) is 51.9 Å². The molecule has 2 aliphatic rings. The van der Waals surface area contributed by atoms with Crippen LogP contribution in [0.4, 0.5) is 0 Å². The van der Waals surface area contributed by atoms with Crippen molar-refractivity contribution in [3.63, 3.8) is 0 Å². The average molecular weight is 450 g/mol. The number of piperazine rings is 1. The Morgan fingerprint density at radius 1 is 0.848 bits per heavy atom. The molecule has 0 saturated carbocycles. The second kappa shape index (κ2) is 10.5. The van der Waals surface area contributed by atoms with Gasteiger partial charge in [0.05, 0.1) is 12.7 Å². The SMILES string of the molecule is COC(=O)c1ccc(CN2C[C@@H](C)N(C(=O)c3cccc(CN4CCCC4)c3)[C@@H](C)C2)cc1. The molecule has 2 heterocycles. The van der Waals surface area contributed by atoms with Gasteiger partial charge in [0.1, 0.15) is 0 Å². The van der Waals surface area contributed by atoms with E-state index in [0.717, 1.165) is 50.4 Å². The van der Waals surface area contributed by atoms with E-state index in [9.17, 15) is 9.59 Å². The third-order valence-corrected chi connectivity index (χ3v) is 6.79. The van der Waals surface area contributed by atoms with Crippen molar-refractivity contribution in [2.75, 3.05) is 33.3 Å². The third-order valence-electron chi connectivity index (χ3n) is 6.79. The molecule has 2 atom stereocenters. The van der Waals surface area contributed by atoms with Gasteiger partial charge in [-0.3, -0.25) is 14.6 Å².